The number of rotatable bonds is 11. The van der Waals surface area contributed by atoms with Crippen molar-refractivity contribution >= 4 is 52.6 Å². The van der Waals surface area contributed by atoms with E-state index in [-0.39, 0.29) is 22.9 Å². The first-order valence-corrected chi connectivity index (χ1v) is 16.5. The van der Waals surface area contributed by atoms with Gasteiger partial charge in [-0.2, -0.15) is 0 Å². The lowest BCUT2D eigenvalue weighted by Crippen LogP contribution is -2.30. The number of nitrogens with one attached hydrogen (secondary N) is 3. The van der Waals surface area contributed by atoms with E-state index in [1.807, 2.05) is 79.7 Å². The predicted octanol–water partition coefficient (Wildman–Crippen LogP) is 6.08. The number of carbonyl (C=O) groups is 3. The lowest BCUT2D eigenvalue weighted by Gasteiger charge is -2.14. The minimum absolute atomic E-state index is 0.0812. The molecule has 4 aromatic carbocycles. The average molecular weight is 675 g/mol. The summed E-state index contributed by atoms with van der Waals surface area (Å²) in [4.78, 5) is 55.6. The Morgan fingerprint density at radius 3 is 2.04 bits per heavy atom. The molecule has 0 aliphatic heterocycles. The number of benzene rings is 4. The normalized spacial score (nSPS) is 11.8. The molecule has 0 fully saturated rings. The molecule has 49 heavy (non-hydrogen) atoms. The number of aromatic nitrogens is 2. The van der Waals surface area contributed by atoms with Crippen LogP contribution in [-0.4, -0.2) is 46.4 Å². The highest BCUT2D eigenvalue weighted by molar-refractivity contribution is 8.00. The Morgan fingerprint density at radius 1 is 0.816 bits per heavy atom. The van der Waals surface area contributed by atoms with E-state index in [4.69, 9.17) is 0 Å². The van der Waals surface area contributed by atoms with Crippen molar-refractivity contribution in [3.8, 4) is 5.69 Å². The number of amides is 3. The molecule has 0 aliphatic rings. The fourth-order valence-corrected chi connectivity index (χ4v) is 5.86. The fraction of sp³-hybridized carbons (Fsp3) is 0.158. The number of nitrogens with zero attached hydrogens (tertiary/aromatic N) is 3. The van der Waals surface area contributed by atoms with Crippen LogP contribution in [0.25, 0.3) is 11.8 Å². The molecule has 5 aromatic rings. The summed E-state index contributed by atoms with van der Waals surface area (Å²) in [5.74, 6) is -1.21. The van der Waals surface area contributed by atoms with Gasteiger partial charge in [0.1, 0.15) is 11.4 Å². The second kappa shape index (κ2) is 15.4. The van der Waals surface area contributed by atoms with Gasteiger partial charge in [-0.25, -0.2) is 4.68 Å². The maximum absolute atomic E-state index is 13.5. The Bertz CT molecular complexity index is 2030. The molecule has 0 aliphatic carbocycles. The standard InChI is InChI=1S/C38H38N6O4S/c1-25-34(38(48)44(43(25)5)31-14-10-7-11-15-31)41-35(45)26(2)49-32-22-18-29(19-23-32)39-37(47)33(40-36(46)28-12-8-6-9-13-28)24-27-16-20-30(21-17-27)42(3)4/h6-24,26H,1-5H3,(H,39,47)(H,40,46)(H,41,45)/b33-24-. The van der Waals surface area contributed by atoms with Gasteiger partial charge >= 0.3 is 0 Å². The molecule has 1 aromatic heterocycles. The Morgan fingerprint density at radius 2 is 1.43 bits per heavy atom. The largest absolute Gasteiger partial charge is 0.378 e. The van der Waals surface area contributed by atoms with Crippen LogP contribution < -0.4 is 26.4 Å². The van der Waals surface area contributed by atoms with Gasteiger partial charge in [0.15, 0.2) is 0 Å². The summed E-state index contributed by atoms with van der Waals surface area (Å²) in [5.41, 5.74) is 4.03. The Hall–Kier alpha value is -5.81. The maximum atomic E-state index is 13.5. The summed E-state index contributed by atoms with van der Waals surface area (Å²) in [6.07, 6.45) is 1.63. The highest BCUT2D eigenvalue weighted by atomic mass is 32.2. The molecular formula is C38H38N6O4S. The molecule has 0 radical (unpaired) electrons. The summed E-state index contributed by atoms with van der Waals surface area (Å²) in [6, 6.07) is 32.6. The molecule has 1 atom stereocenters. The molecule has 1 unspecified atom stereocenters. The molecule has 1 heterocycles. The van der Waals surface area contributed by atoms with Crippen molar-refractivity contribution < 1.29 is 14.4 Å². The van der Waals surface area contributed by atoms with Gasteiger partial charge in [-0.1, -0.05) is 48.5 Å². The first kappa shape index (κ1) is 34.5. The molecule has 0 saturated heterocycles. The zero-order valence-electron chi connectivity index (χ0n) is 27.9. The zero-order valence-corrected chi connectivity index (χ0v) is 28.7. The smallest absolute Gasteiger partial charge is 0.295 e. The van der Waals surface area contributed by atoms with Gasteiger partial charge in [0.2, 0.25) is 5.91 Å². The molecule has 0 bridgehead atoms. The summed E-state index contributed by atoms with van der Waals surface area (Å²) in [5, 5.41) is 7.92. The first-order valence-electron chi connectivity index (χ1n) is 15.6. The van der Waals surface area contributed by atoms with E-state index in [9.17, 15) is 19.2 Å². The Kier molecular flexibility index (Phi) is 10.8. The van der Waals surface area contributed by atoms with Crippen LogP contribution in [0, 0.1) is 6.92 Å². The van der Waals surface area contributed by atoms with Crippen LogP contribution in [0.1, 0.15) is 28.5 Å². The van der Waals surface area contributed by atoms with Gasteiger partial charge in [-0.3, -0.25) is 23.9 Å². The van der Waals surface area contributed by atoms with Crippen molar-refractivity contribution in [2.24, 2.45) is 7.05 Å². The highest BCUT2D eigenvalue weighted by Crippen LogP contribution is 2.26. The monoisotopic (exact) mass is 674 g/mol. The van der Waals surface area contributed by atoms with E-state index >= 15 is 0 Å². The third-order valence-electron chi connectivity index (χ3n) is 7.85. The highest BCUT2D eigenvalue weighted by Gasteiger charge is 2.22. The third-order valence-corrected chi connectivity index (χ3v) is 8.96. The van der Waals surface area contributed by atoms with Gasteiger partial charge in [0.25, 0.3) is 17.4 Å². The van der Waals surface area contributed by atoms with E-state index in [1.54, 1.807) is 80.2 Å². The molecule has 0 saturated carbocycles. The molecule has 3 N–H and O–H groups in total. The van der Waals surface area contributed by atoms with E-state index in [2.05, 4.69) is 16.0 Å². The quantitative estimate of drug-likeness (QED) is 0.116. The van der Waals surface area contributed by atoms with Crippen LogP contribution in [0.4, 0.5) is 17.1 Å². The van der Waals surface area contributed by atoms with Crippen molar-refractivity contribution in [3.63, 3.8) is 0 Å². The molecule has 11 heteroatoms. The van der Waals surface area contributed by atoms with Crippen LogP contribution in [0.2, 0.25) is 0 Å². The second-order valence-corrected chi connectivity index (χ2v) is 12.9. The minimum Gasteiger partial charge on any atom is -0.378 e. The molecule has 10 nitrogen and oxygen atoms in total. The van der Waals surface area contributed by atoms with Crippen LogP contribution in [0.5, 0.6) is 0 Å². The predicted molar refractivity (Wildman–Crippen MR) is 197 cm³/mol. The third kappa shape index (κ3) is 8.38. The van der Waals surface area contributed by atoms with Gasteiger partial charge in [0.05, 0.1) is 16.6 Å². The minimum atomic E-state index is -0.522. The van der Waals surface area contributed by atoms with E-state index in [0.29, 0.717) is 22.6 Å². The number of hydrogen-bond donors (Lipinski definition) is 3. The van der Waals surface area contributed by atoms with Crippen LogP contribution in [-0.2, 0) is 16.6 Å². The van der Waals surface area contributed by atoms with E-state index < -0.39 is 17.1 Å². The van der Waals surface area contributed by atoms with Crippen molar-refractivity contribution in [3.05, 3.63) is 142 Å². The van der Waals surface area contributed by atoms with Gasteiger partial charge < -0.3 is 20.9 Å². The lowest BCUT2D eigenvalue weighted by molar-refractivity contribution is -0.115. The molecule has 5 rings (SSSR count). The molecule has 3 amide bonds. The fourth-order valence-electron chi connectivity index (χ4n) is 4.99. The van der Waals surface area contributed by atoms with Gasteiger partial charge in [0, 0.05) is 43.0 Å². The summed E-state index contributed by atoms with van der Waals surface area (Å²) in [6.45, 7) is 3.55. The number of anilines is 3. The van der Waals surface area contributed by atoms with Crippen LogP contribution in [0.3, 0.4) is 0 Å². The van der Waals surface area contributed by atoms with Gasteiger partial charge in [-0.05, 0) is 86.2 Å². The molecular weight excluding hydrogens is 637 g/mol. The van der Waals surface area contributed by atoms with Crippen molar-refractivity contribution in [1.82, 2.24) is 14.7 Å². The van der Waals surface area contributed by atoms with Crippen molar-refractivity contribution in [2.75, 3.05) is 29.6 Å². The summed E-state index contributed by atoms with van der Waals surface area (Å²) >= 11 is 1.32. The molecule has 0 spiro atoms. The van der Waals surface area contributed by atoms with Crippen molar-refractivity contribution in [1.29, 1.82) is 0 Å². The molecule has 250 valence electrons. The Labute approximate surface area is 289 Å². The summed E-state index contributed by atoms with van der Waals surface area (Å²) in [7, 11) is 5.66. The number of carbonyl (C=O) groups excluding carboxylic acids is 3. The van der Waals surface area contributed by atoms with Crippen molar-refractivity contribution in [2.45, 2.75) is 24.0 Å². The first-order chi connectivity index (χ1) is 23.5. The number of para-hydroxylation sites is 1. The topological polar surface area (TPSA) is 117 Å². The van der Waals surface area contributed by atoms with Crippen LogP contribution >= 0.6 is 11.8 Å². The number of thioether (sulfide) groups is 1. The van der Waals surface area contributed by atoms with E-state index in [0.717, 1.165) is 16.1 Å². The lowest BCUT2D eigenvalue weighted by atomic mass is 10.1. The second-order valence-electron chi connectivity index (χ2n) is 11.5. The SMILES string of the molecule is Cc1c(NC(=O)C(C)Sc2ccc(NC(=O)/C(=C/c3ccc(N(C)C)cc3)NC(=O)c3ccccc3)cc2)c(=O)n(-c2ccccc2)n1C. The summed E-state index contributed by atoms with van der Waals surface area (Å²) < 4.78 is 3.23. The maximum Gasteiger partial charge on any atom is 0.295 e. The van der Waals surface area contributed by atoms with E-state index in [1.165, 1.54) is 16.4 Å². The Balaban J connectivity index is 1.26. The number of hydrogen-bond acceptors (Lipinski definition) is 6. The zero-order chi connectivity index (χ0) is 35.1. The average Bonchev–Trinajstić information content (AvgIpc) is 3.32. The van der Waals surface area contributed by atoms with Gasteiger partial charge in [-0.15, -0.1) is 11.8 Å². The van der Waals surface area contributed by atoms with Crippen LogP contribution in [0.15, 0.2) is 125 Å².